The zero-order valence-corrected chi connectivity index (χ0v) is 11.1. The number of hydrogen-bond donors (Lipinski definition) is 4. The SMILES string of the molecule is NNc1ncnc(Nc2ccc(Cl)c(C(F)(F)F)c2)c1N. The van der Waals surface area contributed by atoms with E-state index >= 15 is 0 Å². The Labute approximate surface area is 122 Å². The van der Waals surface area contributed by atoms with Crippen LogP contribution < -0.4 is 22.3 Å². The molecule has 0 amide bonds. The summed E-state index contributed by atoms with van der Waals surface area (Å²) in [6, 6.07) is 3.36. The Morgan fingerprint density at radius 1 is 1.14 bits per heavy atom. The first-order valence-corrected chi connectivity index (χ1v) is 5.91. The van der Waals surface area contributed by atoms with E-state index in [4.69, 9.17) is 23.2 Å². The summed E-state index contributed by atoms with van der Waals surface area (Å²) in [4.78, 5) is 7.60. The number of anilines is 4. The van der Waals surface area contributed by atoms with Crippen LogP contribution >= 0.6 is 11.6 Å². The lowest BCUT2D eigenvalue weighted by Crippen LogP contribution is -2.13. The number of nitrogens with one attached hydrogen (secondary N) is 2. The third kappa shape index (κ3) is 3.26. The molecule has 0 aliphatic heterocycles. The van der Waals surface area contributed by atoms with E-state index in [2.05, 4.69) is 20.7 Å². The molecule has 21 heavy (non-hydrogen) atoms. The van der Waals surface area contributed by atoms with Crippen LogP contribution in [0.2, 0.25) is 5.02 Å². The highest BCUT2D eigenvalue weighted by atomic mass is 35.5. The summed E-state index contributed by atoms with van der Waals surface area (Å²) < 4.78 is 38.3. The van der Waals surface area contributed by atoms with Crippen LogP contribution in [0.3, 0.4) is 0 Å². The lowest BCUT2D eigenvalue weighted by Gasteiger charge is -2.13. The molecule has 0 saturated heterocycles. The van der Waals surface area contributed by atoms with Gasteiger partial charge in [-0.15, -0.1) is 0 Å². The summed E-state index contributed by atoms with van der Waals surface area (Å²) in [5, 5.41) is 2.26. The molecule has 0 atom stereocenters. The molecule has 0 aliphatic carbocycles. The predicted octanol–water partition coefficient (Wildman–Crippen LogP) is 2.76. The smallest absolute Gasteiger partial charge is 0.393 e. The summed E-state index contributed by atoms with van der Waals surface area (Å²) in [6.07, 6.45) is -3.40. The number of nitrogen functional groups attached to an aromatic ring is 2. The van der Waals surface area contributed by atoms with Crippen molar-refractivity contribution in [2.75, 3.05) is 16.5 Å². The number of nitrogens with two attached hydrogens (primary N) is 2. The van der Waals surface area contributed by atoms with Gasteiger partial charge in [-0.2, -0.15) is 13.2 Å². The van der Waals surface area contributed by atoms with Gasteiger partial charge in [0.2, 0.25) is 0 Å². The Hall–Kier alpha value is -2.26. The zero-order chi connectivity index (χ0) is 15.6. The standard InChI is InChI=1S/C11H10ClF3N6/c12-7-2-1-5(3-6(7)11(13,14)15)20-9-8(16)10(21-17)19-4-18-9/h1-4H,16-17H2,(H2,18,19,20,21). The number of rotatable bonds is 3. The van der Waals surface area contributed by atoms with Gasteiger partial charge in [0, 0.05) is 5.69 Å². The van der Waals surface area contributed by atoms with Gasteiger partial charge in [0.15, 0.2) is 11.6 Å². The summed E-state index contributed by atoms with van der Waals surface area (Å²) in [6.45, 7) is 0. The van der Waals surface area contributed by atoms with Gasteiger partial charge >= 0.3 is 6.18 Å². The first kappa shape index (κ1) is 15.1. The van der Waals surface area contributed by atoms with Gasteiger partial charge in [-0.3, -0.25) is 0 Å². The molecule has 0 aliphatic rings. The van der Waals surface area contributed by atoms with E-state index in [1.807, 2.05) is 0 Å². The molecule has 1 aromatic carbocycles. The second-order valence-corrected chi connectivity index (χ2v) is 4.35. The number of halogens is 4. The summed E-state index contributed by atoms with van der Waals surface area (Å²) in [7, 11) is 0. The van der Waals surface area contributed by atoms with E-state index in [0.29, 0.717) is 0 Å². The number of nitrogens with zero attached hydrogens (tertiary/aromatic N) is 2. The molecule has 112 valence electrons. The summed E-state index contributed by atoms with van der Waals surface area (Å²) >= 11 is 5.54. The van der Waals surface area contributed by atoms with Crippen LogP contribution in [-0.4, -0.2) is 9.97 Å². The van der Waals surface area contributed by atoms with Gasteiger partial charge in [-0.05, 0) is 18.2 Å². The first-order chi connectivity index (χ1) is 9.82. The minimum atomic E-state index is -4.56. The van der Waals surface area contributed by atoms with Crippen molar-refractivity contribution in [2.24, 2.45) is 5.84 Å². The molecule has 1 heterocycles. The fraction of sp³-hybridized carbons (Fsp3) is 0.0909. The molecule has 0 bridgehead atoms. The van der Waals surface area contributed by atoms with Crippen molar-refractivity contribution in [1.82, 2.24) is 9.97 Å². The van der Waals surface area contributed by atoms with Crippen LogP contribution in [-0.2, 0) is 6.18 Å². The number of alkyl halides is 3. The zero-order valence-electron chi connectivity index (χ0n) is 10.4. The number of hydrazine groups is 1. The molecule has 1 aromatic heterocycles. The van der Waals surface area contributed by atoms with Crippen LogP contribution in [0.25, 0.3) is 0 Å². The molecule has 10 heteroatoms. The fourth-order valence-corrected chi connectivity index (χ4v) is 1.79. The second-order valence-electron chi connectivity index (χ2n) is 3.95. The predicted molar refractivity (Wildman–Crippen MR) is 74.0 cm³/mol. The highest BCUT2D eigenvalue weighted by Gasteiger charge is 2.33. The third-order valence-corrected chi connectivity index (χ3v) is 2.88. The maximum absolute atomic E-state index is 12.8. The van der Waals surface area contributed by atoms with Crippen LogP contribution in [0.15, 0.2) is 24.5 Å². The van der Waals surface area contributed by atoms with Gasteiger partial charge in [-0.1, -0.05) is 11.6 Å². The minimum Gasteiger partial charge on any atom is -0.393 e. The topological polar surface area (TPSA) is 102 Å². The van der Waals surface area contributed by atoms with Gasteiger partial charge in [0.25, 0.3) is 0 Å². The van der Waals surface area contributed by atoms with Crippen molar-refractivity contribution >= 4 is 34.6 Å². The van der Waals surface area contributed by atoms with E-state index in [-0.39, 0.29) is 23.0 Å². The third-order valence-electron chi connectivity index (χ3n) is 2.56. The summed E-state index contributed by atoms with van der Waals surface area (Å²) in [5.41, 5.74) is 7.20. The monoisotopic (exact) mass is 318 g/mol. The van der Waals surface area contributed by atoms with Crippen LogP contribution in [0.5, 0.6) is 0 Å². The highest BCUT2D eigenvalue weighted by molar-refractivity contribution is 6.31. The van der Waals surface area contributed by atoms with Gasteiger partial charge < -0.3 is 16.5 Å². The van der Waals surface area contributed by atoms with Gasteiger partial charge in [0.1, 0.15) is 12.0 Å². The first-order valence-electron chi connectivity index (χ1n) is 5.53. The molecule has 6 N–H and O–H groups in total. The lowest BCUT2D eigenvalue weighted by molar-refractivity contribution is -0.137. The second kappa shape index (κ2) is 5.62. The van der Waals surface area contributed by atoms with E-state index in [1.165, 1.54) is 6.07 Å². The van der Waals surface area contributed by atoms with Gasteiger partial charge in [0.05, 0.1) is 10.6 Å². The van der Waals surface area contributed by atoms with Crippen molar-refractivity contribution in [3.05, 3.63) is 35.1 Å². The Kier molecular flexibility index (Phi) is 4.05. The Bertz CT molecular complexity index is 661. The van der Waals surface area contributed by atoms with Crippen molar-refractivity contribution in [1.29, 1.82) is 0 Å². The quantitative estimate of drug-likeness (QED) is 0.513. The van der Waals surface area contributed by atoms with E-state index in [9.17, 15) is 13.2 Å². The Morgan fingerprint density at radius 2 is 1.81 bits per heavy atom. The number of hydrogen-bond acceptors (Lipinski definition) is 6. The number of benzene rings is 1. The summed E-state index contributed by atoms with van der Waals surface area (Å²) in [5.74, 6) is 5.47. The molecule has 0 saturated carbocycles. The van der Waals surface area contributed by atoms with Crippen molar-refractivity contribution in [3.63, 3.8) is 0 Å². The average molecular weight is 319 g/mol. The molecular weight excluding hydrogens is 309 g/mol. The van der Waals surface area contributed by atoms with Gasteiger partial charge in [-0.25, -0.2) is 15.8 Å². The molecule has 6 nitrogen and oxygen atoms in total. The number of aromatic nitrogens is 2. The van der Waals surface area contributed by atoms with E-state index in [1.54, 1.807) is 0 Å². The maximum atomic E-state index is 12.8. The lowest BCUT2D eigenvalue weighted by atomic mass is 10.2. The highest BCUT2D eigenvalue weighted by Crippen LogP contribution is 2.37. The van der Waals surface area contributed by atoms with Crippen molar-refractivity contribution < 1.29 is 13.2 Å². The Morgan fingerprint density at radius 3 is 2.43 bits per heavy atom. The van der Waals surface area contributed by atoms with Crippen LogP contribution in [0, 0.1) is 0 Å². The largest absolute Gasteiger partial charge is 0.417 e. The van der Waals surface area contributed by atoms with E-state index in [0.717, 1.165) is 18.5 Å². The maximum Gasteiger partial charge on any atom is 0.417 e. The molecule has 0 spiro atoms. The van der Waals surface area contributed by atoms with Crippen molar-refractivity contribution in [2.45, 2.75) is 6.18 Å². The van der Waals surface area contributed by atoms with Crippen molar-refractivity contribution in [3.8, 4) is 0 Å². The van der Waals surface area contributed by atoms with Crippen LogP contribution in [0.4, 0.5) is 36.2 Å². The average Bonchev–Trinajstić information content (AvgIpc) is 2.42. The minimum absolute atomic E-state index is 0.0727. The van der Waals surface area contributed by atoms with E-state index < -0.39 is 16.8 Å². The Balaban J connectivity index is 2.37. The molecule has 0 unspecified atom stereocenters. The fourth-order valence-electron chi connectivity index (χ4n) is 1.57. The normalized spacial score (nSPS) is 11.3. The molecule has 0 radical (unpaired) electrons. The molecule has 0 fully saturated rings. The molecule has 2 rings (SSSR count). The molecular formula is C11H10ClF3N6. The molecule has 2 aromatic rings. The van der Waals surface area contributed by atoms with Crippen LogP contribution in [0.1, 0.15) is 5.56 Å².